The zero-order valence-electron chi connectivity index (χ0n) is 13.1. The Morgan fingerprint density at radius 3 is 1.90 bits per heavy atom. The molecule has 1 rings (SSSR count). The van der Waals surface area contributed by atoms with Crippen LogP contribution in [0.15, 0.2) is 24.4 Å². The van der Waals surface area contributed by atoms with Crippen molar-refractivity contribution in [1.82, 2.24) is 13.7 Å². The van der Waals surface area contributed by atoms with Crippen LogP contribution in [0, 0.1) is 11.5 Å². The molecule has 0 saturated carbocycles. The quantitative estimate of drug-likeness (QED) is 0.239. The second-order valence-corrected chi connectivity index (χ2v) is 4.64. The summed E-state index contributed by atoms with van der Waals surface area (Å²) in [4.78, 5) is 63.3. The van der Waals surface area contributed by atoms with E-state index in [0.29, 0.717) is 28.4 Å². The third kappa shape index (κ3) is 9.28. The number of aliphatic imine (C=N–C) groups is 2. The topological polar surface area (TPSA) is 158 Å². The van der Waals surface area contributed by atoms with E-state index in [0.717, 1.165) is 4.57 Å². The third-order valence-corrected chi connectivity index (χ3v) is 3.14. The van der Waals surface area contributed by atoms with Crippen molar-refractivity contribution in [3.8, 4) is 6.26 Å². The summed E-state index contributed by atoms with van der Waals surface area (Å²) in [7, 11) is 0. The van der Waals surface area contributed by atoms with E-state index in [4.69, 9.17) is 5.26 Å². The van der Waals surface area contributed by atoms with Gasteiger partial charge in [0.15, 0.2) is 6.73 Å². The summed E-state index contributed by atoms with van der Waals surface area (Å²) >= 11 is 0. The van der Waals surface area contributed by atoms with Gasteiger partial charge in [0, 0.05) is 6.54 Å². The van der Waals surface area contributed by atoms with Crippen LogP contribution < -0.4 is 17.1 Å². The lowest BCUT2D eigenvalue weighted by Gasteiger charge is -2.11. The van der Waals surface area contributed by atoms with Crippen LogP contribution in [0.2, 0.25) is 0 Å². The minimum atomic E-state index is -1.05. The SMILES string of the molecule is C.C.C.C.N#COCn1c(=O)n(CCCCCN=C=O)c(=O)n(CN=C=O)c1=O. The van der Waals surface area contributed by atoms with E-state index in [1.165, 1.54) is 18.4 Å². The number of isocyanates is 2. The van der Waals surface area contributed by atoms with Crippen molar-refractivity contribution in [2.24, 2.45) is 9.98 Å². The van der Waals surface area contributed by atoms with Gasteiger partial charge in [-0.1, -0.05) is 29.7 Å². The summed E-state index contributed by atoms with van der Waals surface area (Å²) in [6.45, 7) is -1.01. The number of hydrogen-bond acceptors (Lipinski definition) is 9. The highest BCUT2D eigenvalue weighted by Crippen LogP contribution is 1.96. The van der Waals surface area contributed by atoms with Gasteiger partial charge in [-0.2, -0.15) is 10.3 Å². The van der Waals surface area contributed by atoms with Crippen LogP contribution >= 0.6 is 0 Å². The van der Waals surface area contributed by atoms with E-state index in [2.05, 4.69) is 14.7 Å². The van der Waals surface area contributed by atoms with Crippen LogP contribution in [-0.4, -0.2) is 32.4 Å². The fourth-order valence-electron chi connectivity index (χ4n) is 1.98. The smallest absolute Gasteiger partial charge is 0.340 e. The Bertz CT molecular complexity index is 910. The molecule has 0 aliphatic rings. The molecule has 1 heterocycles. The van der Waals surface area contributed by atoms with Gasteiger partial charge in [0.25, 0.3) is 6.26 Å². The van der Waals surface area contributed by atoms with Crippen molar-refractivity contribution in [3.05, 3.63) is 31.5 Å². The van der Waals surface area contributed by atoms with Crippen LogP contribution in [-0.2, 0) is 34.3 Å². The van der Waals surface area contributed by atoms with Crippen molar-refractivity contribution >= 4 is 12.2 Å². The van der Waals surface area contributed by atoms with Crippen LogP contribution in [0.25, 0.3) is 0 Å². The lowest BCUT2D eigenvalue weighted by Crippen LogP contribution is -2.54. The zero-order valence-corrected chi connectivity index (χ0v) is 13.1. The summed E-state index contributed by atoms with van der Waals surface area (Å²) in [6.07, 6.45) is 5.44. The van der Waals surface area contributed by atoms with Gasteiger partial charge in [-0.25, -0.2) is 42.7 Å². The van der Waals surface area contributed by atoms with E-state index in [1.807, 2.05) is 0 Å². The first-order valence-corrected chi connectivity index (χ1v) is 7.11. The Balaban J connectivity index is -0.000000781. The van der Waals surface area contributed by atoms with Gasteiger partial charge in [0.1, 0.15) is 6.67 Å². The molecule has 0 aliphatic carbocycles. The maximum atomic E-state index is 12.3. The predicted molar refractivity (Wildman–Crippen MR) is 108 cm³/mol. The molecule has 12 heteroatoms. The Morgan fingerprint density at radius 2 is 1.34 bits per heavy atom. The number of aromatic nitrogens is 3. The Labute approximate surface area is 169 Å². The van der Waals surface area contributed by atoms with Gasteiger partial charge in [0.2, 0.25) is 12.2 Å². The van der Waals surface area contributed by atoms with Crippen molar-refractivity contribution < 1.29 is 14.3 Å². The lowest BCUT2D eigenvalue weighted by atomic mass is 10.2. The predicted octanol–water partition coefficient (Wildman–Crippen LogP) is 0.971. The highest BCUT2D eigenvalue weighted by Gasteiger charge is 2.15. The normalized spacial score (nSPS) is 8.24. The van der Waals surface area contributed by atoms with Crippen LogP contribution in [0.3, 0.4) is 0 Å². The van der Waals surface area contributed by atoms with E-state index < -0.39 is 30.5 Å². The molecule has 0 radical (unpaired) electrons. The molecule has 0 spiro atoms. The Morgan fingerprint density at radius 1 is 0.793 bits per heavy atom. The highest BCUT2D eigenvalue weighted by molar-refractivity contribution is 5.32. The Kier molecular flexibility index (Phi) is 20.4. The minimum Gasteiger partial charge on any atom is -0.405 e. The maximum absolute atomic E-state index is 12.3. The molecule has 0 atom stereocenters. The molecule has 0 saturated heterocycles. The summed E-state index contributed by atoms with van der Waals surface area (Å²) in [5.41, 5.74) is -2.93. The largest absolute Gasteiger partial charge is 0.405 e. The summed E-state index contributed by atoms with van der Waals surface area (Å²) < 4.78 is 6.27. The van der Waals surface area contributed by atoms with Gasteiger partial charge in [0.05, 0.1) is 6.54 Å². The molecule has 0 N–H and O–H groups in total. The van der Waals surface area contributed by atoms with E-state index in [-0.39, 0.29) is 42.8 Å². The molecule has 0 bridgehead atoms. The van der Waals surface area contributed by atoms with Crippen molar-refractivity contribution in [1.29, 1.82) is 5.26 Å². The van der Waals surface area contributed by atoms with Crippen LogP contribution in [0.5, 0.6) is 0 Å². The van der Waals surface area contributed by atoms with Gasteiger partial charge < -0.3 is 4.74 Å². The van der Waals surface area contributed by atoms with Crippen LogP contribution in [0.1, 0.15) is 49.0 Å². The fourth-order valence-corrected chi connectivity index (χ4v) is 1.98. The first-order valence-electron chi connectivity index (χ1n) is 7.11. The van der Waals surface area contributed by atoms with Gasteiger partial charge >= 0.3 is 17.1 Å². The maximum Gasteiger partial charge on any atom is 0.340 e. The molecule has 29 heavy (non-hydrogen) atoms. The number of hydrogen-bond donors (Lipinski definition) is 0. The van der Waals surface area contributed by atoms with Crippen molar-refractivity contribution in [2.45, 2.75) is 68.9 Å². The molecule has 1 aromatic rings. The lowest BCUT2D eigenvalue weighted by molar-refractivity contribution is 0.175. The number of unbranched alkanes of at least 4 members (excludes halogenated alkanes) is 2. The molecular weight excluding hydrogens is 384 g/mol. The first kappa shape index (κ1) is 33.1. The molecule has 0 amide bonds. The van der Waals surface area contributed by atoms with E-state index >= 15 is 0 Å². The molecule has 0 fully saturated rings. The number of carbonyl (C=O) groups excluding carboxylic acids is 2. The number of ether oxygens (including phenoxy) is 1. The number of nitrogens with zero attached hydrogens (tertiary/aromatic N) is 6. The second kappa shape index (κ2) is 17.9. The number of nitriles is 1. The first-order chi connectivity index (χ1) is 12.1. The van der Waals surface area contributed by atoms with Gasteiger partial charge in [-0.05, 0) is 19.3 Å². The molecule has 0 aromatic carbocycles. The fraction of sp³-hybridized carbons (Fsp3) is 0.647. The van der Waals surface area contributed by atoms with Crippen molar-refractivity contribution in [2.75, 3.05) is 6.54 Å². The van der Waals surface area contributed by atoms with Crippen LogP contribution in [0.4, 0.5) is 0 Å². The molecule has 12 nitrogen and oxygen atoms in total. The standard InChI is InChI=1S/C13H14N6O6.4CH4/c14-6-25-10-19-12(23)17(5-3-1-2-4-15-8-20)11(22)18(13(19)24)7-16-9-21;;;;/h1-5,7,10H2;4*1H4. The molecule has 0 unspecified atom stereocenters. The summed E-state index contributed by atoms with van der Waals surface area (Å²) in [5, 5.41) is 8.42. The highest BCUT2D eigenvalue weighted by atomic mass is 16.5. The monoisotopic (exact) mass is 414 g/mol. The van der Waals surface area contributed by atoms with E-state index in [1.54, 1.807) is 0 Å². The average molecular weight is 414 g/mol. The van der Waals surface area contributed by atoms with Gasteiger partial charge in [-0.15, -0.1) is 0 Å². The second-order valence-electron chi connectivity index (χ2n) is 4.64. The molecule has 164 valence electrons. The Hall–Kier alpha value is -3.54. The molecular formula is C17H30N6O6. The number of rotatable bonds is 10. The summed E-state index contributed by atoms with van der Waals surface area (Å²) in [6, 6.07) is 0. The van der Waals surface area contributed by atoms with E-state index in [9.17, 15) is 24.0 Å². The third-order valence-electron chi connectivity index (χ3n) is 3.14. The minimum absolute atomic E-state index is 0. The zero-order chi connectivity index (χ0) is 18.7. The van der Waals surface area contributed by atoms with Crippen molar-refractivity contribution in [3.63, 3.8) is 0 Å². The van der Waals surface area contributed by atoms with Gasteiger partial charge in [-0.3, -0.25) is 0 Å². The average Bonchev–Trinajstić information content (AvgIpc) is 2.60. The summed E-state index contributed by atoms with van der Waals surface area (Å²) in [5.74, 6) is 0. The molecule has 0 aliphatic heterocycles. The molecule has 1 aromatic heterocycles.